The van der Waals surface area contributed by atoms with E-state index in [4.69, 9.17) is 15.0 Å². The Kier molecular flexibility index (Phi) is 5.44. The third-order valence-corrected chi connectivity index (χ3v) is 3.06. The van der Waals surface area contributed by atoms with Crippen molar-refractivity contribution in [3.63, 3.8) is 0 Å². The highest BCUT2D eigenvalue weighted by atomic mass is 16.6. The number of carbonyl (C=O) groups is 1. The molecular weight excluding hydrogens is 248 g/mol. The van der Waals surface area contributed by atoms with Crippen molar-refractivity contribution in [2.24, 2.45) is 10.5 Å². The predicted octanol–water partition coefficient (Wildman–Crippen LogP) is 2.57. The first-order valence-corrected chi connectivity index (χ1v) is 6.43. The van der Waals surface area contributed by atoms with Gasteiger partial charge < -0.3 is 14.4 Å². The Bertz CT molecular complexity index is 354. The molecule has 0 aromatic heterocycles. The highest BCUT2D eigenvalue weighted by Gasteiger charge is 2.32. The molecule has 0 bridgehead atoms. The molecule has 0 aromatic rings. The van der Waals surface area contributed by atoms with Crippen molar-refractivity contribution in [3.8, 4) is 0 Å². The van der Waals surface area contributed by atoms with Crippen LogP contribution in [0, 0.1) is 5.41 Å². The average molecular weight is 270 g/mol. The molecule has 108 valence electrons. The number of hydrogen-bond acceptors (Lipinski definition) is 4. The third kappa shape index (κ3) is 4.61. The Labute approximate surface area is 113 Å². The summed E-state index contributed by atoms with van der Waals surface area (Å²) in [7, 11) is 0. The largest absolute Gasteiger partial charge is 0.446 e. The summed E-state index contributed by atoms with van der Waals surface area (Å²) in [6.45, 7) is 9.73. The third-order valence-electron chi connectivity index (χ3n) is 3.06. The van der Waals surface area contributed by atoms with Crippen LogP contribution in [0.3, 0.4) is 0 Å². The van der Waals surface area contributed by atoms with Crippen LogP contribution in [0.25, 0.3) is 10.4 Å². The first-order valence-electron chi connectivity index (χ1n) is 6.43. The molecular formula is C12H22N4O3. The highest BCUT2D eigenvalue weighted by Crippen LogP contribution is 2.27. The zero-order chi connectivity index (χ0) is 14.5. The van der Waals surface area contributed by atoms with E-state index < -0.39 is 12.1 Å². The maximum Gasteiger partial charge on any atom is 0.410 e. The summed E-state index contributed by atoms with van der Waals surface area (Å²) in [5, 5.41) is 3.75. The van der Waals surface area contributed by atoms with E-state index in [0.29, 0.717) is 26.3 Å². The fourth-order valence-corrected chi connectivity index (χ4v) is 2.07. The van der Waals surface area contributed by atoms with Crippen LogP contribution >= 0.6 is 0 Å². The number of ether oxygens (including phenoxy) is 2. The van der Waals surface area contributed by atoms with Crippen LogP contribution in [0.15, 0.2) is 5.11 Å². The van der Waals surface area contributed by atoms with Crippen molar-refractivity contribution in [1.29, 1.82) is 0 Å². The van der Waals surface area contributed by atoms with Gasteiger partial charge in [0.15, 0.2) is 0 Å². The lowest BCUT2D eigenvalue weighted by molar-refractivity contribution is 0.00356. The topological polar surface area (TPSA) is 87.5 Å². The lowest BCUT2D eigenvalue weighted by Gasteiger charge is -2.33. The fraction of sp³-hybridized carbons (Fsp3) is 0.917. The quantitative estimate of drug-likeness (QED) is 0.448. The highest BCUT2D eigenvalue weighted by molar-refractivity contribution is 5.68. The standard InChI is InChI=1S/C12H22N4O3/c1-9(10(14-15-13)12(2,3)4)19-11(17)16-5-7-18-8-6-16/h9-10H,5-8H2,1-4H3. The minimum Gasteiger partial charge on any atom is -0.446 e. The first-order chi connectivity index (χ1) is 8.86. The molecule has 0 aliphatic carbocycles. The molecule has 1 rings (SSSR count). The van der Waals surface area contributed by atoms with E-state index in [0.717, 1.165) is 0 Å². The molecule has 2 unspecified atom stereocenters. The van der Waals surface area contributed by atoms with Gasteiger partial charge in [-0.15, -0.1) is 0 Å². The number of nitrogens with zero attached hydrogens (tertiary/aromatic N) is 4. The molecule has 7 heteroatoms. The Hall–Kier alpha value is -1.46. The summed E-state index contributed by atoms with van der Waals surface area (Å²) in [6, 6.07) is -0.400. The van der Waals surface area contributed by atoms with Gasteiger partial charge in [-0.2, -0.15) is 0 Å². The predicted molar refractivity (Wildman–Crippen MR) is 70.7 cm³/mol. The monoisotopic (exact) mass is 270 g/mol. The summed E-state index contributed by atoms with van der Waals surface area (Å²) in [6.07, 6.45) is -0.843. The summed E-state index contributed by atoms with van der Waals surface area (Å²) >= 11 is 0. The van der Waals surface area contributed by atoms with E-state index >= 15 is 0 Å². The molecule has 0 saturated carbocycles. The van der Waals surface area contributed by atoms with Crippen LogP contribution in [0.1, 0.15) is 27.7 Å². The molecule has 0 radical (unpaired) electrons. The molecule has 0 spiro atoms. The summed E-state index contributed by atoms with van der Waals surface area (Å²) in [4.78, 5) is 16.4. The minimum atomic E-state index is -0.466. The van der Waals surface area contributed by atoms with Gasteiger partial charge in [-0.05, 0) is 17.9 Å². The smallest absolute Gasteiger partial charge is 0.410 e. The van der Waals surface area contributed by atoms with Crippen LogP contribution in [0.2, 0.25) is 0 Å². The Balaban J connectivity index is 2.62. The van der Waals surface area contributed by atoms with E-state index in [1.807, 2.05) is 20.8 Å². The Morgan fingerprint density at radius 2 is 2.00 bits per heavy atom. The Morgan fingerprint density at radius 3 is 2.47 bits per heavy atom. The number of azide groups is 1. The summed E-state index contributed by atoms with van der Waals surface area (Å²) in [5.41, 5.74) is 8.36. The van der Waals surface area contributed by atoms with Gasteiger partial charge in [0, 0.05) is 18.0 Å². The van der Waals surface area contributed by atoms with Gasteiger partial charge >= 0.3 is 6.09 Å². The maximum absolute atomic E-state index is 12.0. The number of morpholine rings is 1. The molecule has 19 heavy (non-hydrogen) atoms. The molecule has 1 saturated heterocycles. The van der Waals surface area contributed by atoms with Gasteiger partial charge in [0.25, 0.3) is 0 Å². The van der Waals surface area contributed by atoms with Gasteiger partial charge in [0.05, 0.1) is 19.3 Å². The van der Waals surface area contributed by atoms with E-state index in [-0.39, 0.29) is 11.5 Å². The molecule has 1 amide bonds. The van der Waals surface area contributed by atoms with Crippen LogP contribution in [0.4, 0.5) is 4.79 Å². The van der Waals surface area contributed by atoms with Gasteiger partial charge in [-0.1, -0.05) is 25.9 Å². The van der Waals surface area contributed by atoms with E-state index in [1.54, 1.807) is 11.8 Å². The first kappa shape index (κ1) is 15.6. The second kappa shape index (κ2) is 6.63. The summed E-state index contributed by atoms with van der Waals surface area (Å²) in [5.74, 6) is 0. The van der Waals surface area contributed by atoms with E-state index in [2.05, 4.69) is 10.0 Å². The minimum absolute atomic E-state index is 0.267. The number of carbonyl (C=O) groups excluding carboxylic acids is 1. The molecule has 7 nitrogen and oxygen atoms in total. The lowest BCUT2D eigenvalue weighted by Crippen LogP contribution is -2.45. The van der Waals surface area contributed by atoms with E-state index in [1.165, 1.54) is 0 Å². The van der Waals surface area contributed by atoms with Crippen molar-refractivity contribution in [1.82, 2.24) is 4.90 Å². The van der Waals surface area contributed by atoms with E-state index in [9.17, 15) is 4.79 Å². The lowest BCUT2D eigenvalue weighted by atomic mass is 9.84. The molecule has 1 aliphatic heterocycles. The molecule has 1 fully saturated rings. The number of amides is 1. The van der Waals surface area contributed by atoms with Crippen LogP contribution in [-0.2, 0) is 9.47 Å². The van der Waals surface area contributed by atoms with Crippen LogP contribution in [0.5, 0.6) is 0 Å². The van der Waals surface area contributed by atoms with Gasteiger partial charge in [-0.3, -0.25) is 0 Å². The van der Waals surface area contributed by atoms with Crippen molar-refractivity contribution >= 4 is 6.09 Å². The van der Waals surface area contributed by atoms with Crippen molar-refractivity contribution in [2.45, 2.75) is 39.8 Å². The second-order valence-electron chi connectivity index (χ2n) is 5.70. The van der Waals surface area contributed by atoms with Crippen LogP contribution in [-0.4, -0.2) is 49.4 Å². The van der Waals surface area contributed by atoms with Crippen LogP contribution < -0.4 is 0 Å². The molecule has 1 heterocycles. The normalized spacial score (nSPS) is 19.3. The SMILES string of the molecule is CC(OC(=O)N1CCOCC1)C(N=[N+]=[N-])C(C)(C)C. The van der Waals surface area contributed by atoms with Crippen molar-refractivity contribution in [2.75, 3.05) is 26.3 Å². The van der Waals surface area contributed by atoms with Gasteiger partial charge in [0.2, 0.25) is 0 Å². The maximum atomic E-state index is 12.0. The molecule has 2 atom stereocenters. The van der Waals surface area contributed by atoms with Crippen molar-refractivity contribution in [3.05, 3.63) is 10.4 Å². The zero-order valence-corrected chi connectivity index (χ0v) is 12.0. The fourth-order valence-electron chi connectivity index (χ4n) is 2.07. The average Bonchev–Trinajstić information content (AvgIpc) is 2.35. The second-order valence-corrected chi connectivity index (χ2v) is 5.70. The summed E-state index contributed by atoms with van der Waals surface area (Å²) < 4.78 is 10.6. The van der Waals surface area contributed by atoms with Gasteiger partial charge in [0.1, 0.15) is 6.10 Å². The molecule has 0 N–H and O–H groups in total. The zero-order valence-electron chi connectivity index (χ0n) is 12.0. The molecule has 0 aromatic carbocycles. The Morgan fingerprint density at radius 1 is 1.42 bits per heavy atom. The number of hydrogen-bond donors (Lipinski definition) is 0. The molecule has 1 aliphatic rings. The number of rotatable bonds is 3. The van der Waals surface area contributed by atoms with Gasteiger partial charge in [-0.25, -0.2) is 4.79 Å². The van der Waals surface area contributed by atoms with Crippen molar-refractivity contribution < 1.29 is 14.3 Å².